The summed E-state index contributed by atoms with van der Waals surface area (Å²) in [4.78, 5) is 65.9. The Kier molecular flexibility index (Phi) is 23.9. The van der Waals surface area contributed by atoms with E-state index in [1.807, 2.05) is 86.2 Å². The largest absolute Gasteiger partial charge is 0.545 e. The highest BCUT2D eigenvalue weighted by molar-refractivity contribution is 6.07. The number of aromatic hydroxyl groups is 1. The molecule has 0 saturated carbocycles. The van der Waals surface area contributed by atoms with E-state index in [0.717, 1.165) is 58.9 Å². The number of phenols is 1. The van der Waals surface area contributed by atoms with Crippen molar-refractivity contribution < 1.29 is 47.9 Å². The van der Waals surface area contributed by atoms with Gasteiger partial charge in [0.15, 0.2) is 5.71 Å². The molecule has 1 atom stereocenters. The Morgan fingerprint density at radius 1 is 0.742 bits per heavy atom. The van der Waals surface area contributed by atoms with Crippen LogP contribution in [0.1, 0.15) is 107 Å². The molecular weight excluding hydrogens is 1170 g/mol. The zero-order valence-corrected chi connectivity index (χ0v) is 55.6. The molecule has 5 N–H and O–H groups in total. The van der Waals surface area contributed by atoms with Crippen LogP contribution in [0.4, 0.5) is 17.1 Å². The monoisotopic (exact) mass is 1260 g/mol. The quantitative estimate of drug-likeness (QED) is 0.0142. The van der Waals surface area contributed by atoms with Crippen molar-refractivity contribution in [1.82, 2.24) is 25.8 Å². The number of amides is 4. The number of unbranched alkanes of at least 4 members (excludes halogenated alkanes) is 3. The van der Waals surface area contributed by atoms with Crippen molar-refractivity contribution in [2.75, 3.05) is 84.4 Å². The SMILES string of the molecule is CC(=O)NCCOCC(=O)NC(CCCCNC(=O)CCCCCN1C(=CC=CC=CC2=[N+](C)c3ccccc3C2(C)C)C(C)(C)c2ccccc21)C(=O)NCCc1ccc(O)cc1.CN(C)c1ccc2c(-c3ccccc3C(=O)[O-])c3ccc(=[N+](C)C)cc-3oc2c1. The predicted molar refractivity (Wildman–Crippen MR) is 369 cm³/mol. The van der Waals surface area contributed by atoms with Crippen LogP contribution in [0, 0.1) is 0 Å². The maximum absolute atomic E-state index is 13.1. The van der Waals surface area contributed by atoms with Gasteiger partial charge in [-0.05, 0) is 112 Å². The normalized spacial score (nSPS) is 14.4. The van der Waals surface area contributed by atoms with Crippen molar-refractivity contribution in [3.05, 3.63) is 197 Å². The molecule has 17 heteroatoms. The van der Waals surface area contributed by atoms with Crippen LogP contribution in [0.25, 0.3) is 33.4 Å². The molecule has 3 aliphatic heterocycles. The average Bonchev–Trinajstić information content (AvgIpc) is 1.56. The summed E-state index contributed by atoms with van der Waals surface area (Å²) in [5.41, 5.74) is 12.6. The lowest BCUT2D eigenvalue weighted by molar-refractivity contribution is -0.401. The lowest BCUT2D eigenvalue weighted by atomic mass is 9.81. The Balaban J connectivity index is 0.000000316. The molecule has 3 heterocycles. The minimum Gasteiger partial charge on any atom is -0.545 e. The van der Waals surface area contributed by atoms with Crippen LogP contribution < -0.4 is 46.1 Å². The van der Waals surface area contributed by atoms with E-state index in [0.29, 0.717) is 62.1 Å². The second-order valence-corrected chi connectivity index (χ2v) is 25.2. The van der Waals surface area contributed by atoms with Crippen LogP contribution in [0.3, 0.4) is 0 Å². The smallest absolute Gasteiger partial charge is 0.246 e. The summed E-state index contributed by atoms with van der Waals surface area (Å²) < 4.78 is 15.9. The second-order valence-electron chi connectivity index (χ2n) is 25.2. The Labute approximate surface area is 547 Å². The highest BCUT2D eigenvalue weighted by Gasteiger charge is 2.43. The molecule has 1 unspecified atom stereocenters. The zero-order chi connectivity index (χ0) is 66.8. The van der Waals surface area contributed by atoms with Gasteiger partial charge in [0.05, 0.1) is 24.1 Å². The van der Waals surface area contributed by atoms with E-state index < -0.39 is 17.9 Å². The first-order chi connectivity index (χ1) is 44.6. The fourth-order valence-electron chi connectivity index (χ4n) is 12.2. The number of benzene rings is 6. The van der Waals surface area contributed by atoms with Crippen molar-refractivity contribution >= 4 is 63.3 Å². The van der Waals surface area contributed by atoms with Gasteiger partial charge in [-0.1, -0.05) is 111 Å². The number of hydrogen-bond acceptors (Lipinski definition) is 11. The van der Waals surface area contributed by atoms with Crippen LogP contribution in [-0.2, 0) is 41.2 Å². The van der Waals surface area contributed by atoms with Gasteiger partial charge in [-0.2, -0.15) is 4.58 Å². The Hall–Kier alpha value is -9.61. The van der Waals surface area contributed by atoms with Crippen molar-refractivity contribution in [1.29, 1.82) is 0 Å². The summed E-state index contributed by atoms with van der Waals surface area (Å²) >= 11 is 0. The number of anilines is 2. The summed E-state index contributed by atoms with van der Waals surface area (Å²) in [5, 5.41) is 34.5. The number of allylic oxidation sites excluding steroid dienone is 6. The van der Waals surface area contributed by atoms with Gasteiger partial charge in [0.2, 0.25) is 34.7 Å². The van der Waals surface area contributed by atoms with Gasteiger partial charge in [0.1, 0.15) is 50.9 Å². The molecule has 0 aromatic heterocycles. The van der Waals surface area contributed by atoms with Crippen LogP contribution in [0.5, 0.6) is 5.75 Å². The third-order valence-electron chi connectivity index (χ3n) is 17.3. The van der Waals surface area contributed by atoms with Crippen molar-refractivity contribution in [2.45, 2.75) is 103 Å². The third-order valence-corrected chi connectivity index (χ3v) is 17.3. The Morgan fingerprint density at radius 2 is 1.47 bits per heavy atom. The lowest BCUT2D eigenvalue weighted by Gasteiger charge is -2.27. The van der Waals surface area contributed by atoms with Gasteiger partial charge < -0.3 is 55.2 Å². The van der Waals surface area contributed by atoms with Gasteiger partial charge >= 0.3 is 0 Å². The lowest BCUT2D eigenvalue weighted by Crippen LogP contribution is -2.48. The number of para-hydroxylation sites is 2. The standard InChI is InChI=1S/C52H68N6O6.C24H22N2O3/c1-38(59)53-34-36-64-37-49(62)56-43(50(63)55-33-31-39-27-29-40(60)30-28-39)21-16-17-32-54-48(61)26-11-8-18-35-58-45-23-15-13-20-42(45)52(4,5)47(58)25-10-7-9-24-46-51(2,3)41-19-12-14-22-44(41)57(46)6;1-25(2)15-9-11-19-21(13-15)29-22-14-16(26(3)4)10-12-20(22)23(19)17-7-5-6-8-18(17)24(27)28/h7,9-10,12-15,19-20,22-25,27-30,43H,8,11,16-18,21,26,31-37H2,1-6H3,(H4-,53,54,55,56,59,60,61,62,63);5-14H,1-4H3/p+1. The summed E-state index contributed by atoms with van der Waals surface area (Å²) in [6.07, 6.45) is 16.2. The fraction of sp³-hybridized carbons (Fsp3) is 0.355. The van der Waals surface area contributed by atoms with E-state index in [1.165, 1.54) is 40.8 Å². The number of phenolic OH excluding ortho intramolecular Hbond substituents is 1. The zero-order valence-electron chi connectivity index (χ0n) is 55.6. The number of nitrogens with one attached hydrogen (secondary N) is 4. The summed E-state index contributed by atoms with van der Waals surface area (Å²) in [7, 11) is 10.0. The molecule has 1 aliphatic carbocycles. The molecule has 488 valence electrons. The number of carbonyl (C=O) groups excluding carboxylic acids is 5. The fourth-order valence-corrected chi connectivity index (χ4v) is 12.2. The van der Waals surface area contributed by atoms with Gasteiger partial charge in [-0.15, -0.1) is 0 Å². The number of hydrogen-bond donors (Lipinski definition) is 5. The number of ether oxygens (including phenoxy) is 1. The number of carboxylic acid groups (broad SMARTS) is 1. The molecule has 9 rings (SSSR count). The molecule has 0 spiro atoms. The topological polar surface area (TPSA) is 212 Å². The van der Waals surface area contributed by atoms with Crippen LogP contribution in [0.15, 0.2) is 174 Å². The van der Waals surface area contributed by atoms with Crippen molar-refractivity contribution in [3.8, 4) is 28.2 Å². The predicted octanol–water partition coefficient (Wildman–Crippen LogP) is 9.70. The highest BCUT2D eigenvalue weighted by atomic mass is 16.5. The van der Waals surface area contributed by atoms with E-state index in [1.54, 1.807) is 36.4 Å². The highest BCUT2D eigenvalue weighted by Crippen LogP contribution is 2.48. The maximum atomic E-state index is 13.1. The maximum Gasteiger partial charge on any atom is 0.246 e. The molecule has 0 bridgehead atoms. The van der Waals surface area contributed by atoms with E-state index in [9.17, 15) is 34.2 Å². The Morgan fingerprint density at radius 3 is 2.20 bits per heavy atom. The van der Waals surface area contributed by atoms with E-state index in [4.69, 9.17) is 9.15 Å². The second kappa shape index (κ2) is 32.1. The van der Waals surface area contributed by atoms with E-state index in [2.05, 4.69) is 144 Å². The van der Waals surface area contributed by atoms with E-state index >= 15 is 0 Å². The number of aromatic carboxylic acids is 1. The molecular formula is C76H91N8O9+. The molecule has 0 radical (unpaired) electrons. The van der Waals surface area contributed by atoms with Gasteiger partial charge in [0.25, 0.3) is 0 Å². The molecule has 17 nitrogen and oxygen atoms in total. The number of carbonyl (C=O) groups is 5. The first-order valence-electron chi connectivity index (χ1n) is 32.1. The first kappa shape index (κ1) is 69.3. The summed E-state index contributed by atoms with van der Waals surface area (Å²) in [5.74, 6) is -1.23. The van der Waals surface area contributed by atoms with Gasteiger partial charge in [-0.3, -0.25) is 19.2 Å². The van der Waals surface area contributed by atoms with E-state index in [-0.39, 0.29) is 59.6 Å². The third kappa shape index (κ3) is 17.7. The molecule has 4 aliphatic rings. The first-order valence-corrected chi connectivity index (χ1v) is 32.1. The van der Waals surface area contributed by atoms with Crippen LogP contribution in [-0.4, -0.2) is 126 Å². The minimum atomic E-state index is -1.20. The van der Waals surface area contributed by atoms with Gasteiger partial charge in [-0.25, -0.2) is 4.58 Å². The molecule has 5 aromatic rings. The molecule has 0 fully saturated rings. The number of carboxylic acids is 1. The van der Waals surface area contributed by atoms with Gasteiger partial charge in [0, 0.05) is 128 Å². The molecule has 5 aromatic carbocycles. The average molecular weight is 1260 g/mol. The summed E-state index contributed by atoms with van der Waals surface area (Å²) in [6.45, 7) is 12.5. The summed E-state index contributed by atoms with van der Waals surface area (Å²) in [6, 6.07) is 42.1. The Bertz CT molecular complexity index is 3980. The van der Waals surface area contributed by atoms with Crippen molar-refractivity contribution in [3.63, 3.8) is 0 Å². The van der Waals surface area contributed by atoms with Crippen LogP contribution in [0.2, 0.25) is 0 Å². The van der Waals surface area contributed by atoms with Crippen molar-refractivity contribution in [2.24, 2.45) is 0 Å². The molecule has 0 saturated heterocycles. The van der Waals surface area contributed by atoms with Crippen LogP contribution >= 0.6 is 0 Å². The molecule has 93 heavy (non-hydrogen) atoms. The minimum absolute atomic E-state index is 0.00824. The number of fused-ring (bicyclic) bond motifs is 4. The number of rotatable bonds is 27. The number of nitrogens with zero attached hydrogens (tertiary/aromatic N) is 4. The molecule has 4 amide bonds.